The van der Waals surface area contributed by atoms with E-state index in [1.807, 2.05) is 75.4 Å². The molecule has 0 saturated heterocycles. The van der Waals surface area contributed by atoms with Gasteiger partial charge in [-0.3, -0.25) is 9.59 Å². The average Bonchev–Trinajstić information content (AvgIpc) is 2.94. The normalized spacial score (nSPS) is 12.2. The van der Waals surface area contributed by atoms with Crippen molar-refractivity contribution in [3.8, 4) is 17.2 Å². The number of ether oxygens (including phenoxy) is 3. The van der Waals surface area contributed by atoms with Gasteiger partial charge in [0.15, 0.2) is 6.61 Å². The van der Waals surface area contributed by atoms with Gasteiger partial charge >= 0.3 is 0 Å². The highest BCUT2D eigenvalue weighted by atomic mass is 16.5. The van der Waals surface area contributed by atoms with Crippen LogP contribution in [0.1, 0.15) is 37.0 Å². The lowest BCUT2D eigenvalue weighted by atomic mass is 10.0. The lowest BCUT2D eigenvalue weighted by Crippen LogP contribution is -2.53. The molecule has 0 bridgehead atoms. The van der Waals surface area contributed by atoms with Crippen LogP contribution in [0.5, 0.6) is 17.2 Å². The quantitative estimate of drug-likeness (QED) is 0.347. The Morgan fingerprint density at radius 1 is 0.868 bits per heavy atom. The molecule has 0 heterocycles. The SMILES string of the molecule is CC[C@@H](C)NC(=O)[C@H](Cc1ccccc1)N(Cc1ccc(C)cc1)C(=O)COc1cc(OC)cc(OC)c1. The van der Waals surface area contributed by atoms with Crippen LogP contribution in [0.2, 0.25) is 0 Å². The summed E-state index contributed by atoms with van der Waals surface area (Å²) in [6.07, 6.45) is 1.17. The number of rotatable bonds is 13. The maximum Gasteiger partial charge on any atom is 0.261 e. The zero-order valence-corrected chi connectivity index (χ0v) is 22.9. The summed E-state index contributed by atoms with van der Waals surface area (Å²) in [5.41, 5.74) is 3.02. The van der Waals surface area contributed by atoms with Crippen LogP contribution in [0.3, 0.4) is 0 Å². The molecule has 0 unspecified atom stereocenters. The first-order valence-corrected chi connectivity index (χ1v) is 12.9. The number of carbonyl (C=O) groups is 2. The monoisotopic (exact) mass is 518 g/mol. The molecule has 0 spiro atoms. The third-order valence-electron chi connectivity index (χ3n) is 6.43. The van der Waals surface area contributed by atoms with Gasteiger partial charge in [0.05, 0.1) is 14.2 Å². The number of aryl methyl sites for hydroxylation is 1. The molecular weight excluding hydrogens is 480 g/mol. The Labute approximate surface area is 225 Å². The van der Waals surface area contributed by atoms with Crippen molar-refractivity contribution < 1.29 is 23.8 Å². The summed E-state index contributed by atoms with van der Waals surface area (Å²) in [6.45, 7) is 6.02. The van der Waals surface area contributed by atoms with Gasteiger partial charge in [0.2, 0.25) is 5.91 Å². The molecule has 3 rings (SSSR count). The van der Waals surface area contributed by atoms with Crippen molar-refractivity contribution >= 4 is 11.8 Å². The van der Waals surface area contributed by atoms with E-state index in [1.165, 1.54) is 0 Å². The van der Waals surface area contributed by atoms with Crippen molar-refractivity contribution in [2.24, 2.45) is 0 Å². The number of hydrogen-bond acceptors (Lipinski definition) is 5. The molecule has 1 N–H and O–H groups in total. The predicted molar refractivity (Wildman–Crippen MR) is 149 cm³/mol. The lowest BCUT2D eigenvalue weighted by Gasteiger charge is -2.32. The number of carbonyl (C=O) groups excluding carboxylic acids is 2. The first kappa shape index (κ1) is 28.6. The first-order valence-electron chi connectivity index (χ1n) is 12.9. The maximum atomic E-state index is 13.7. The molecule has 38 heavy (non-hydrogen) atoms. The van der Waals surface area contributed by atoms with E-state index in [-0.39, 0.29) is 31.0 Å². The van der Waals surface area contributed by atoms with Gasteiger partial charge in [0.25, 0.3) is 5.91 Å². The van der Waals surface area contributed by atoms with Crippen molar-refractivity contribution in [2.45, 2.75) is 52.2 Å². The molecular formula is C31H38N2O5. The highest BCUT2D eigenvalue weighted by Crippen LogP contribution is 2.27. The Balaban J connectivity index is 1.92. The molecule has 0 aliphatic heterocycles. The van der Waals surface area contributed by atoms with Crippen LogP contribution in [-0.4, -0.2) is 49.6 Å². The third kappa shape index (κ3) is 8.26. The summed E-state index contributed by atoms with van der Waals surface area (Å²) in [6, 6.07) is 22.1. The summed E-state index contributed by atoms with van der Waals surface area (Å²) in [4.78, 5) is 28.9. The van der Waals surface area contributed by atoms with Gasteiger partial charge in [-0.15, -0.1) is 0 Å². The van der Waals surface area contributed by atoms with Crippen molar-refractivity contribution in [3.63, 3.8) is 0 Å². The number of benzene rings is 3. The largest absolute Gasteiger partial charge is 0.496 e. The minimum atomic E-state index is -0.719. The van der Waals surface area contributed by atoms with Crippen molar-refractivity contribution in [3.05, 3.63) is 89.5 Å². The van der Waals surface area contributed by atoms with Gasteiger partial charge in [0, 0.05) is 37.2 Å². The fourth-order valence-electron chi connectivity index (χ4n) is 3.98. The fourth-order valence-corrected chi connectivity index (χ4v) is 3.98. The molecule has 3 aromatic carbocycles. The second kappa shape index (κ2) is 14.1. The van der Waals surface area contributed by atoms with E-state index >= 15 is 0 Å². The Kier molecular flexibility index (Phi) is 10.6. The van der Waals surface area contributed by atoms with Gasteiger partial charge in [-0.2, -0.15) is 0 Å². The standard InChI is InChI=1S/C31H38N2O5/c1-6-23(3)32-31(35)29(16-24-10-8-7-9-11-24)33(20-25-14-12-22(2)13-15-25)30(34)21-38-28-18-26(36-4)17-27(19-28)37-5/h7-15,17-19,23,29H,6,16,20-21H2,1-5H3,(H,32,35)/t23-,29+/m1/s1. The molecule has 0 radical (unpaired) electrons. The van der Waals surface area contributed by atoms with Crippen LogP contribution in [-0.2, 0) is 22.6 Å². The molecule has 2 atom stereocenters. The maximum absolute atomic E-state index is 13.7. The summed E-state index contributed by atoms with van der Waals surface area (Å²) in [5, 5.41) is 3.08. The van der Waals surface area contributed by atoms with E-state index in [1.54, 1.807) is 37.3 Å². The first-order chi connectivity index (χ1) is 18.3. The van der Waals surface area contributed by atoms with Crippen LogP contribution in [0.25, 0.3) is 0 Å². The minimum Gasteiger partial charge on any atom is -0.496 e. The Hall–Kier alpha value is -4.00. The van der Waals surface area contributed by atoms with E-state index in [0.717, 1.165) is 23.1 Å². The van der Waals surface area contributed by atoms with Crippen LogP contribution in [0.4, 0.5) is 0 Å². The average molecular weight is 519 g/mol. The predicted octanol–water partition coefficient (Wildman–Crippen LogP) is 4.95. The van der Waals surface area contributed by atoms with E-state index in [4.69, 9.17) is 14.2 Å². The van der Waals surface area contributed by atoms with Crippen LogP contribution in [0, 0.1) is 6.92 Å². The zero-order valence-electron chi connectivity index (χ0n) is 22.9. The van der Waals surface area contributed by atoms with Gasteiger partial charge < -0.3 is 24.4 Å². The van der Waals surface area contributed by atoms with E-state index in [9.17, 15) is 9.59 Å². The number of hydrogen-bond donors (Lipinski definition) is 1. The number of nitrogens with zero attached hydrogens (tertiary/aromatic N) is 1. The van der Waals surface area contributed by atoms with Gasteiger partial charge in [0.1, 0.15) is 23.3 Å². The summed E-state index contributed by atoms with van der Waals surface area (Å²) < 4.78 is 16.5. The Bertz CT molecular complexity index is 1160. The highest BCUT2D eigenvalue weighted by Gasteiger charge is 2.31. The summed E-state index contributed by atoms with van der Waals surface area (Å²) in [7, 11) is 3.11. The topological polar surface area (TPSA) is 77.1 Å². The minimum absolute atomic E-state index is 0.0161. The molecule has 0 fully saturated rings. The van der Waals surface area contributed by atoms with Crippen molar-refractivity contribution in [1.82, 2.24) is 10.2 Å². The summed E-state index contributed by atoms with van der Waals surface area (Å²) >= 11 is 0. The number of amides is 2. The molecule has 3 aromatic rings. The molecule has 7 heteroatoms. The van der Waals surface area contributed by atoms with E-state index in [0.29, 0.717) is 23.7 Å². The third-order valence-corrected chi connectivity index (χ3v) is 6.43. The van der Waals surface area contributed by atoms with Crippen molar-refractivity contribution in [2.75, 3.05) is 20.8 Å². The highest BCUT2D eigenvalue weighted by molar-refractivity contribution is 5.88. The zero-order chi connectivity index (χ0) is 27.5. The molecule has 0 aromatic heterocycles. The molecule has 2 amide bonds. The van der Waals surface area contributed by atoms with Gasteiger partial charge in [-0.25, -0.2) is 0 Å². The van der Waals surface area contributed by atoms with E-state index < -0.39 is 6.04 Å². The van der Waals surface area contributed by atoms with E-state index in [2.05, 4.69) is 5.32 Å². The molecule has 0 aliphatic rings. The molecule has 7 nitrogen and oxygen atoms in total. The smallest absolute Gasteiger partial charge is 0.261 e. The Morgan fingerprint density at radius 3 is 2.05 bits per heavy atom. The number of methoxy groups -OCH3 is 2. The summed E-state index contributed by atoms with van der Waals surface area (Å²) in [5.74, 6) is 1.06. The van der Waals surface area contributed by atoms with Crippen LogP contribution < -0.4 is 19.5 Å². The lowest BCUT2D eigenvalue weighted by molar-refractivity contribution is -0.143. The molecule has 0 aliphatic carbocycles. The van der Waals surface area contributed by atoms with Crippen molar-refractivity contribution in [1.29, 1.82) is 0 Å². The van der Waals surface area contributed by atoms with Crippen LogP contribution in [0.15, 0.2) is 72.8 Å². The van der Waals surface area contributed by atoms with Gasteiger partial charge in [-0.05, 0) is 31.4 Å². The molecule has 202 valence electrons. The van der Waals surface area contributed by atoms with Crippen LogP contribution >= 0.6 is 0 Å². The van der Waals surface area contributed by atoms with Gasteiger partial charge in [-0.1, -0.05) is 67.1 Å². The second-order valence-electron chi connectivity index (χ2n) is 9.37. The number of nitrogens with one attached hydrogen (secondary N) is 1. The Morgan fingerprint density at radius 2 is 1.47 bits per heavy atom. The molecule has 0 saturated carbocycles. The fraction of sp³-hybridized carbons (Fsp3) is 0.355. The second-order valence-corrected chi connectivity index (χ2v) is 9.37.